The minimum Gasteiger partial charge on any atom is -0.444 e. The zero-order valence-electron chi connectivity index (χ0n) is 17.3. The first kappa shape index (κ1) is 23.3. The summed E-state index contributed by atoms with van der Waals surface area (Å²) in [5.74, 6) is -0.262. The van der Waals surface area contributed by atoms with E-state index in [4.69, 9.17) is 4.74 Å². The first-order chi connectivity index (χ1) is 13.8. The SMILES string of the molecule is CN(Cc1ccc(C(F)(F)F)cc1)C(=O)c1ccc(CNC(=O)OC(C)(C)C)cc1. The van der Waals surface area contributed by atoms with Crippen LogP contribution in [0, 0.1) is 0 Å². The van der Waals surface area contributed by atoms with Gasteiger partial charge in [-0.3, -0.25) is 4.79 Å². The Morgan fingerprint density at radius 2 is 1.47 bits per heavy atom. The Kier molecular flexibility index (Phi) is 7.12. The van der Waals surface area contributed by atoms with Gasteiger partial charge in [-0.2, -0.15) is 13.2 Å². The van der Waals surface area contributed by atoms with Crippen molar-refractivity contribution in [2.45, 2.75) is 45.6 Å². The van der Waals surface area contributed by atoms with E-state index in [-0.39, 0.29) is 19.0 Å². The zero-order valence-corrected chi connectivity index (χ0v) is 17.3. The fourth-order valence-corrected chi connectivity index (χ4v) is 2.62. The van der Waals surface area contributed by atoms with Crippen molar-refractivity contribution in [3.63, 3.8) is 0 Å². The topological polar surface area (TPSA) is 58.6 Å². The number of hydrogen-bond acceptors (Lipinski definition) is 3. The van der Waals surface area contributed by atoms with Gasteiger partial charge < -0.3 is 15.0 Å². The molecule has 0 radical (unpaired) electrons. The van der Waals surface area contributed by atoms with E-state index in [1.165, 1.54) is 17.0 Å². The fourth-order valence-electron chi connectivity index (χ4n) is 2.62. The van der Waals surface area contributed by atoms with Gasteiger partial charge in [-0.05, 0) is 56.2 Å². The Morgan fingerprint density at radius 3 is 1.97 bits per heavy atom. The summed E-state index contributed by atoms with van der Waals surface area (Å²) in [4.78, 5) is 25.7. The highest BCUT2D eigenvalue weighted by atomic mass is 19.4. The first-order valence-electron chi connectivity index (χ1n) is 9.32. The predicted octanol–water partition coefficient (Wildman–Crippen LogP) is 5.00. The molecular formula is C22H25F3N2O3. The van der Waals surface area contributed by atoms with E-state index < -0.39 is 23.4 Å². The largest absolute Gasteiger partial charge is 0.444 e. The van der Waals surface area contributed by atoms with Gasteiger partial charge in [-0.1, -0.05) is 24.3 Å². The molecule has 1 N–H and O–H groups in total. The number of alkyl halides is 3. The standard InChI is InChI=1S/C22H25F3N2O3/c1-21(2,3)30-20(29)26-13-15-5-9-17(10-6-15)19(28)27(4)14-16-7-11-18(12-8-16)22(23,24)25/h5-12H,13-14H2,1-4H3,(H,26,29). The molecule has 2 aromatic carbocycles. The van der Waals surface area contributed by atoms with Gasteiger partial charge >= 0.3 is 12.3 Å². The maximum absolute atomic E-state index is 12.6. The lowest BCUT2D eigenvalue weighted by molar-refractivity contribution is -0.137. The quantitative estimate of drug-likeness (QED) is 0.738. The fraction of sp³-hybridized carbons (Fsp3) is 0.364. The van der Waals surface area contributed by atoms with Gasteiger partial charge in [0.15, 0.2) is 0 Å². The number of nitrogens with one attached hydrogen (secondary N) is 1. The number of rotatable bonds is 5. The van der Waals surface area contributed by atoms with Gasteiger partial charge in [0, 0.05) is 25.7 Å². The summed E-state index contributed by atoms with van der Waals surface area (Å²) in [6.07, 6.45) is -4.92. The molecule has 2 rings (SSSR count). The summed E-state index contributed by atoms with van der Waals surface area (Å²) < 4.78 is 43.1. The third kappa shape index (κ3) is 7.09. The Labute approximate surface area is 173 Å². The lowest BCUT2D eigenvalue weighted by Gasteiger charge is -2.20. The third-order valence-electron chi connectivity index (χ3n) is 4.08. The average molecular weight is 422 g/mol. The summed E-state index contributed by atoms with van der Waals surface area (Å²) in [5, 5.41) is 2.64. The minimum atomic E-state index is -4.39. The molecule has 0 fully saturated rings. The van der Waals surface area contributed by atoms with Crippen LogP contribution in [0.3, 0.4) is 0 Å². The van der Waals surface area contributed by atoms with E-state index in [1.807, 2.05) is 0 Å². The predicted molar refractivity (Wildman–Crippen MR) is 107 cm³/mol. The summed E-state index contributed by atoms with van der Waals surface area (Å²) in [7, 11) is 1.58. The van der Waals surface area contributed by atoms with Gasteiger partial charge in [-0.15, -0.1) is 0 Å². The van der Waals surface area contributed by atoms with Crippen LogP contribution >= 0.6 is 0 Å². The van der Waals surface area contributed by atoms with Crippen molar-refractivity contribution in [2.75, 3.05) is 7.05 Å². The zero-order chi connectivity index (χ0) is 22.5. The van der Waals surface area contributed by atoms with Crippen molar-refractivity contribution < 1.29 is 27.5 Å². The summed E-state index contributed by atoms with van der Waals surface area (Å²) in [6.45, 7) is 5.75. The van der Waals surface area contributed by atoms with Crippen molar-refractivity contribution in [2.24, 2.45) is 0 Å². The smallest absolute Gasteiger partial charge is 0.416 e. The molecule has 0 saturated heterocycles. The number of alkyl carbamates (subject to hydrolysis) is 1. The number of nitrogens with zero attached hydrogens (tertiary/aromatic N) is 1. The number of halogens is 3. The summed E-state index contributed by atoms with van der Waals surface area (Å²) in [5.41, 5.74) is 0.513. The number of carbonyl (C=O) groups is 2. The van der Waals surface area contributed by atoms with Gasteiger partial charge in [0.2, 0.25) is 0 Å². The molecule has 5 nitrogen and oxygen atoms in total. The number of ether oxygens (including phenoxy) is 1. The van der Waals surface area contributed by atoms with Crippen molar-refractivity contribution in [1.29, 1.82) is 0 Å². The van der Waals surface area contributed by atoms with Crippen molar-refractivity contribution >= 4 is 12.0 Å². The molecule has 0 saturated carbocycles. The number of amides is 2. The second kappa shape index (κ2) is 9.19. The van der Waals surface area contributed by atoms with Crippen LogP contribution in [-0.4, -0.2) is 29.5 Å². The normalized spacial score (nSPS) is 11.7. The molecule has 0 atom stereocenters. The molecule has 30 heavy (non-hydrogen) atoms. The number of carbonyl (C=O) groups excluding carboxylic acids is 2. The molecule has 2 amide bonds. The van der Waals surface area contributed by atoms with Gasteiger partial charge in [-0.25, -0.2) is 4.79 Å². The molecule has 0 aliphatic rings. The van der Waals surface area contributed by atoms with E-state index in [9.17, 15) is 22.8 Å². The highest BCUT2D eigenvalue weighted by Crippen LogP contribution is 2.29. The Morgan fingerprint density at radius 1 is 0.933 bits per heavy atom. The van der Waals surface area contributed by atoms with Gasteiger partial charge in [0.05, 0.1) is 5.56 Å². The van der Waals surface area contributed by atoms with Crippen LogP contribution in [0.15, 0.2) is 48.5 Å². The number of hydrogen-bond donors (Lipinski definition) is 1. The Hall–Kier alpha value is -3.03. The lowest BCUT2D eigenvalue weighted by atomic mass is 10.1. The van der Waals surface area contributed by atoms with Crippen molar-refractivity contribution in [1.82, 2.24) is 10.2 Å². The highest BCUT2D eigenvalue weighted by molar-refractivity contribution is 5.94. The highest BCUT2D eigenvalue weighted by Gasteiger charge is 2.30. The summed E-state index contributed by atoms with van der Waals surface area (Å²) in [6, 6.07) is 11.4. The van der Waals surface area contributed by atoms with E-state index in [2.05, 4.69) is 5.32 Å². The molecule has 2 aromatic rings. The molecule has 0 aromatic heterocycles. The maximum atomic E-state index is 12.6. The molecule has 0 unspecified atom stereocenters. The van der Waals surface area contributed by atoms with Gasteiger partial charge in [0.1, 0.15) is 5.60 Å². The monoisotopic (exact) mass is 422 g/mol. The second-order valence-electron chi connectivity index (χ2n) is 7.91. The first-order valence-corrected chi connectivity index (χ1v) is 9.32. The van der Waals surface area contributed by atoms with E-state index in [0.29, 0.717) is 11.1 Å². The van der Waals surface area contributed by atoms with E-state index in [0.717, 1.165) is 17.7 Å². The van der Waals surface area contributed by atoms with Crippen LogP contribution in [0.2, 0.25) is 0 Å². The lowest BCUT2D eigenvalue weighted by Crippen LogP contribution is -2.32. The Bertz CT molecular complexity index is 870. The molecule has 0 aliphatic carbocycles. The van der Waals surface area contributed by atoms with E-state index >= 15 is 0 Å². The molecule has 0 aliphatic heterocycles. The maximum Gasteiger partial charge on any atom is 0.416 e. The molecule has 8 heteroatoms. The number of benzene rings is 2. The second-order valence-corrected chi connectivity index (χ2v) is 7.91. The van der Waals surface area contributed by atoms with Crippen molar-refractivity contribution in [3.05, 3.63) is 70.8 Å². The molecule has 0 bridgehead atoms. The Balaban J connectivity index is 1.92. The van der Waals surface area contributed by atoms with Crippen molar-refractivity contribution in [3.8, 4) is 0 Å². The molecular weight excluding hydrogens is 397 g/mol. The van der Waals surface area contributed by atoms with Gasteiger partial charge in [0.25, 0.3) is 5.91 Å². The molecule has 0 spiro atoms. The molecule has 0 heterocycles. The van der Waals surface area contributed by atoms with Crippen LogP contribution in [-0.2, 0) is 24.0 Å². The van der Waals surface area contributed by atoms with Crippen LogP contribution in [0.25, 0.3) is 0 Å². The van der Waals surface area contributed by atoms with Crippen LogP contribution in [0.5, 0.6) is 0 Å². The van der Waals surface area contributed by atoms with Crippen LogP contribution in [0.1, 0.15) is 47.8 Å². The molecule has 162 valence electrons. The minimum absolute atomic E-state index is 0.179. The average Bonchev–Trinajstić information content (AvgIpc) is 2.64. The summed E-state index contributed by atoms with van der Waals surface area (Å²) >= 11 is 0. The third-order valence-corrected chi connectivity index (χ3v) is 4.08. The van der Waals surface area contributed by atoms with E-state index in [1.54, 1.807) is 52.1 Å². The van der Waals surface area contributed by atoms with Crippen LogP contribution < -0.4 is 5.32 Å². The van der Waals surface area contributed by atoms with Crippen LogP contribution in [0.4, 0.5) is 18.0 Å².